The third kappa shape index (κ3) is 4.76. The molecule has 0 aliphatic carbocycles. The molecule has 26 heavy (non-hydrogen) atoms. The molecule has 1 amide bonds. The van der Waals surface area contributed by atoms with Gasteiger partial charge in [-0.3, -0.25) is 9.69 Å². The van der Waals surface area contributed by atoms with Crippen molar-refractivity contribution >= 4 is 15.7 Å². The van der Waals surface area contributed by atoms with E-state index in [0.717, 1.165) is 38.1 Å². The number of rotatable bonds is 6. The molecule has 144 valence electrons. The largest absolute Gasteiger partial charge is 0.494 e. The Labute approximate surface area is 156 Å². The third-order valence-electron chi connectivity index (χ3n) is 5.19. The minimum Gasteiger partial charge on any atom is -0.494 e. The van der Waals surface area contributed by atoms with Gasteiger partial charge in [-0.1, -0.05) is 13.3 Å². The van der Waals surface area contributed by atoms with Gasteiger partial charge < -0.3 is 9.64 Å². The molecule has 2 aliphatic rings. The van der Waals surface area contributed by atoms with Crippen molar-refractivity contribution in [3.05, 3.63) is 29.8 Å². The SMILES string of the molecule is CCCCOc1ccc(C(=O)N2CCN(C3CCS(=O)(=O)C3)CC2)cc1. The van der Waals surface area contributed by atoms with Gasteiger partial charge >= 0.3 is 0 Å². The van der Waals surface area contributed by atoms with Crippen LogP contribution in [0.1, 0.15) is 36.5 Å². The van der Waals surface area contributed by atoms with Crippen molar-refractivity contribution in [3.8, 4) is 5.75 Å². The fourth-order valence-corrected chi connectivity index (χ4v) is 5.33. The fraction of sp³-hybridized carbons (Fsp3) is 0.632. The first-order chi connectivity index (χ1) is 12.5. The number of benzene rings is 1. The molecule has 1 atom stereocenters. The molecule has 7 heteroatoms. The molecular weight excluding hydrogens is 352 g/mol. The average molecular weight is 381 g/mol. The van der Waals surface area contributed by atoms with E-state index in [1.54, 1.807) is 0 Å². The zero-order valence-electron chi connectivity index (χ0n) is 15.4. The van der Waals surface area contributed by atoms with Crippen LogP contribution in [0.5, 0.6) is 5.75 Å². The first-order valence-electron chi connectivity index (χ1n) is 9.45. The monoisotopic (exact) mass is 380 g/mol. The molecule has 2 heterocycles. The Morgan fingerprint density at radius 1 is 1.15 bits per heavy atom. The van der Waals surface area contributed by atoms with Gasteiger partial charge in [0.15, 0.2) is 9.84 Å². The standard InChI is InChI=1S/C19H28N2O4S/c1-2-3-13-25-18-6-4-16(5-7-18)19(22)21-11-9-20(10-12-21)17-8-14-26(23,24)15-17/h4-7,17H,2-3,8-15H2,1H3. The minimum absolute atomic E-state index is 0.0313. The van der Waals surface area contributed by atoms with E-state index >= 15 is 0 Å². The van der Waals surface area contributed by atoms with E-state index in [1.807, 2.05) is 29.2 Å². The van der Waals surface area contributed by atoms with Crippen molar-refractivity contribution in [2.45, 2.75) is 32.2 Å². The highest BCUT2D eigenvalue weighted by molar-refractivity contribution is 7.91. The lowest BCUT2D eigenvalue weighted by molar-refractivity contribution is 0.0588. The number of carbonyl (C=O) groups excluding carboxylic acids is 1. The number of hydrogen-bond donors (Lipinski definition) is 0. The normalized spacial score (nSPS) is 23.1. The number of sulfone groups is 1. The highest BCUT2D eigenvalue weighted by Crippen LogP contribution is 2.20. The number of piperazine rings is 1. The van der Waals surface area contributed by atoms with E-state index in [9.17, 15) is 13.2 Å². The van der Waals surface area contributed by atoms with E-state index < -0.39 is 9.84 Å². The summed E-state index contributed by atoms with van der Waals surface area (Å²) in [5.74, 6) is 1.38. The van der Waals surface area contributed by atoms with E-state index in [-0.39, 0.29) is 17.7 Å². The number of nitrogens with zero attached hydrogens (tertiary/aromatic N) is 2. The molecule has 0 spiro atoms. The molecule has 0 aromatic heterocycles. The summed E-state index contributed by atoms with van der Waals surface area (Å²) in [5, 5.41) is 0. The Balaban J connectivity index is 1.50. The molecule has 1 aromatic carbocycles. The summed E-state index contributed by atoms with van der Waals surface area (Å²) in [6.45, 7) is 5.59. The lowest BCUT2D eigenvalue weighted by Crippen LogP contribution is -2.52. The summed E-state index contributed by atoms with van der Waals surface area (Å²) in [4.78, 5) is 16.7. The summed E-state index contributed by atoms with van der Waals surface area (Å²) >= 11 is 0. The predicted molar refractivity (Wildman–Crippen MR) is 101 cm³/mol. The fourth-order valence-electron chi connectivity index (χ4n) is 3.56. The molecule has 2 saturated heterocycles. The molecule has 2 fully saturated rings. The predicted octanol–water partition coefficient (Wildman–Crippen LogP) is 1.81. The molecule has 0 radical (unpaired) electrons. The lowest BCUT2D eigenvalue weighted by Gasteiger charge is -2.37. The quantitative estimate of drug-likeness (QED) is 0.704. The topological polar surface area (TPSA) is 66.9 Å². The molecule has 1 aromatic rings. The van der Waals surface area contributed by atoms with Crippen LogP contribution in [0.25, 0.3) is 0 Å². The van der Waals surface area contributed by atoms with Gasteiger partial charge in [0.2, 0.25) is 0 Å². The molecule has 0 N–H and O–H groups in total. The van der Waals surface area contributed by atoms with Gasteiger partial charge in [0.1, 0.15) is 5.75 Å². The Hall–Kier alpha value is -1.60. The van der Waals surface area contributed by atoms with Gasteiger partial charge in [-0.2, -0.15) is 0 Å². The molecule has 0 saturated carbocycles. The summed E-state index contributed by atoms with van der Waals surface area (Å²) in [5.41, 5.74) is 0.671. The summed E-state index contributed by atoms with van der Waals surface area (Å²) in [7, 11) is -2.86. The van der Waals surface area contributed by atoms with Crippen LogP contribution >= 0.6 is 0 Å². The number of unbranched alkanes of at least 4 members (excludes halogenated alkanes) is 1. The molecule has 2 aliphatic heterocycles. The zero-order chi connectivity index (χ0) is 18.6. The summed E-state index contributed by atoms with van der Waals surface area (Å²) in [6.07, 6.45) is 2.83. The number of hydrogen-bond acceptors (Lipinski definition) is 5. The Morgan fingerprint density at radius 3 is 2.42 bits per heavy atom. The smallest absolute Gasteiger partial charge is 0.253 e. The van der Waals surface area contributed by atoms with Crippen molar-refractivity contribution in [1.29, 1.82) is 0 Å². The summed E-state index contributed by atoms with van der Waals surface area (Å²) < 4.78 is 28.9. The third-order valence-corrected chi connectivity index (χ3v) is 6.94. The van der Waals surface area contributed by atoms with Crippen LogP contribution in [0, 0.1) is 0 Å². The van der Waals surface area contributed by atoms with Crippen LogP contribution in [0.2, 0.25) is 0 Å². The van der Waals surface area contributed by atoms with Gasteiger partial charge in [0.05, 0.1) is 18.1 Å². The zero-order valence-corrected chi connectivity index (χ0v) is 16.2. The Kier molecular flexibility index (Phi) is 6.19. The van der Waals surface area contributed by atoms with Gasteiger partial charge in [-0.25, -0.2) is 8.42 Å². The highest BCUT2D eigenvalue weighted by Gasteiger charge is 2.34. The van der Waals surface area contributed by atoms with Crippen LogP contribution in [0.4, 0.5) is 0 Å². The molecule has 0 bridgehead atoms. The van der Waals surface area contributed by atoms with Crippen LogP contribution < -0.4 is 4.74 Å². The van der Waals surface area contributed by atoms with Gasteiger partial charge in [-0.05, 0) is 37.1 Å². The second-order valence-corrected chi connectivity index (χ2v) is 9.34. The first-order valence-corrected chi connectivity index (χ1v) is 11.3. The van der Waals surface area contributed by atoms with Crippen molar-refractivity contribution < 1.29 is 17.9 Å². The summed E-state index contributed by atoms with van der Waals surface area (Å²) in [6, 6.07) is 7.46. The molecule has 1 unspecified atom stereocenters. The molecule has 3 rings (SSSR count). The number of amides is 1. The van der Waals surface area contributed by atoms with Crippen molar-refractivity contribution in [1.82, 2.24) is 9.80 Å². The van der Waals surface area contributed by atoms with Crippen molar-refractivity contribution in [3.63, 3.8) is 0 Å². The van der Waals surface area contributed by atoms with E-state index in [0.29, 0.717) is 31.0 Å². The Bertz CT molecular complexity index is 710. The van der Waals surface area contributed by atoms with Crippen LogP contribution in [0.15, 0.2) is 24.3 Å². The highest BCUT2D eigenvalue weighted by atomic mass is 32.2. The first kappa shape index (κ1) is 19.2. The van der Waals surface area contributed by atoms with E-state index in [2.05, 4.69) is 11.8 Å². The van der Waals surface area contributed by atoms with Gasteiger partial charge in [0.25, 0.3) is 5.91 Å². The maximum absolute atomic E-state index is 12.7. The van der Waals surface area contributed by atoms with Crippen LogP contribution in [-0.4, -0.2) is 74.5 Å². The van der Waals surface area contributed by atoms with Gasteiger partial charge in [0, 0.05) is 37.8 Å². The second kappa shape index (κ2) is 8.39. The molecular formula is C19H28N2O4S. The van der Waals surface area contributed by atoms with Crippen molar-refractivity contribution in [2.75, 3.05) is 44.3 Å². The van der Waals surface area contributed by atoms with Crippen LogP contribution in [-0.2, 0) is 9.84 Å². The maximum atomic E-state index is 12.7. The van der Waals surface area contributed by atoms with Crippen LogP contribution in [0.3, 0.4) is 0 Å². The van der Waals surface area contributed by atoms with Gasteiger partial charge in [-0.15, -0.1) is 0 Å². The van der Waals surface area contributed by atoms with Crippen molar-refractivity contribution in [2.24, 2.45) is 0 Å². The maximum Gasteiger partial charge on any atom is 0.253 e. The Morgan fingerprint density at radius 2 is 1.85 bits per heavy atom. The van der Waals surface area contributed by atoms with E-state index in [4.69, 9.17) is 4.74 Å². The molecule has 6 nitrogen and oxygen atoms in total. The number of carbonyl (C=O) groups is 1. The number of ether oxygens (including phenoxy) is 1. The second-order valence-electron chi connectivity index (χ2n) is 7.11. The lowest BCUT2D eigenvalue weighted by atomic mass is 10.1. The minimum atomic E-state index is -2.86. The average Bonchev–Trinajstić information content (AvgIpc) is 3.02. The van der Waals surface area contributed by atoms with E-state index in [1.165, 1.54) is 0 Å².